The lowest BCUT2D eigenvalue weighted by Crippen LogP contribution is -2.45. The van der Waals surface area contributed by atoms with E-state index >= 15 is 0 Å². The van der Waals surface area contributed by atoms with E-state index in [4.69, 9.17) is 13.6 Å². The molecule has 0 aliphatic carbocycles. The molecule has 8 nitrogen and oxygen atoms in total. The van der Waals surface area contributed by atoms with E-state index in [1.807, 2.05) is 30.7 Å². The first kappa shape index (κ1) is 19.1. The summed E-state index contributed by atoms with van der Waals surface area (Å²) < 4.78 is 59.3. The van der Waals surface area contributed by atoms with E-state index < -0.39 is 26.1 Å². The molecule has 3 heterocycles. The molecule has 0 saturated carbocycles. The topological polar surface area (TPSA) is 72.7 Å². The van der Waals surface area contributed by atoms with E-state index in [1.165, 1.54) is 35.2 Å². The molecule has 10 heteroatoms. The molecular weight excluding hydrogens is 456 g/mol. The number of methoxy groups -OCH3 is 1. The van der Waals surface area contributed by atoms with E-state index in [-0.39, 0.29) is 24.0 Å². The Hall–Kier alpha value is -4.21. The van der Waals surface area contributed by atoms with Gasteiger partial charge in [-0.3, -0.25) is 4.90 Å². The van der Waals surface area contributed by atoms with E-state index in [1.54, 1.807) is 17.0 Å². The van der Waals surface area contributed by atoms with E-state index in [0.717, 1.165) is 16.9 Å². The molecule has 2 amide bonds. The highest BCUT2D eigenvalue weighted by Crippen LogP contribution is 2.38. The zero-order valence-corrected chi connectivity index (χ0v) is 18.9. The number of amides is 2. The summed E-state index contributed by atoms with van der Waals surface area (Å²) in [5.41, 5.74) is 3.29. The fourth-order valence-electron chi connectivity index (χ4n) is 4.02. The first-order valence-corrected chi connectivity index (χ1v) is 10.7. The first-order chi connectivity index (χ1) is 18.0. The summed E-state index contributed by atoms with van der Waals surface area (Å²) >= 11 is 0. The number of pyridine rings is 1. The predicted octanol–water partition coefficient (Wildman–Crippen LogP) is 5.21. The van der Waals surface area contributed by atoms with Gasteiger partial charge >= 0.3 is 6.03 Å². The molecule has 0 bridgehead atoms. The van der Waals surface area contributed by atoms with Gasteiger partial charge in [0.15, 0.2) is 6.61 Å². The number of carbonyl (C=O) groups excluding carboxylic acids is 1. The number of ether oxygens (including phenoxy) is 2. The Morgan fingerprint density at radius 3 is 2.60 bits per heavy atom. The zero-order valence-electron chi connectivity index (χ0n) is 21.9. The number of alkyl halides is 2. The number of rotatable bonds is 6. The highest BCUT2D eigenvalue weighted by atomic mass is 19.3. The van der Waals surface area contributed by atoms with E-state index in [2.05, 4.69) is 9.97 Å². The number of benzene rings is 2. The van der Waals surface area contributed by atoms with Crippen molar-refractivity contribution >= 4 is 34.3 Å². The number of hydrogen-bond acceptors (Lipinski definition) is 5. The van der Waals surface area contributed by atoms with Crippen LogP contribution in [0.25, 0.3) is 11.0 Å². The molecule has 0 atom stereocenters. The van der Waals surface area contributed by atoms with Crippen LogP contribution in [0.4, 0.5) is 30.8 Å². The monoisotopic (exact) mass is 482 g/mol. The summed E-state index contributed by atoms with van der Waals surface area (Å²) in [6.07, 6.45) is -2.68. The predicted molar refractivity (Wildman–Crippen MR) is 128 cm³/mol. The third-order valence-electron chi connectivity index (χ3n) is 5.86. The number of fused-ring (bicyclic) bond motifs is 2. The van der Waals surface area contributed by atoms with Crippen molar-refractivity contribution in [3.63, 3.8) is 0 Å². The summed E-state index contributed by atoms with van der Waals surface area (Å²) in [7, 11) is -0.741. The van der Waals surface area contributed by atoms with Crippen LogP contribution in [0.1, 0.15) is 15.5 Å². The van der Waals surface area contributed by atoms with Gasteiger partial charge in [-0.05, 0) is 55.5 Å². The highest BCUT2D eigenvalue weighted by molar-refractivity contribution is 6.10. The molecule has 0 fully saturated rings. The molecule has 0 N–H and O–H groups in total. The van der Waals surface area contributed by atoms with Gasteiger partial charge < -0.3 is 14.0 Å². The Morgan fingerprint density at radius 2 is 1.86 bits per heavy atom. The number of halogens is 2. The van der Waals surface area contributed by atoms with E-state index in [9.17, 15) is 13.6 Å². The molecule has 2 aromatic heterocycles. The smallest absolute Gasteiger partial charge is 0.335 e. The Balaban J connectivity index is 1.57. The summed E-state index contributed by atoms with van der Waals surface area (Å²) in [5, 5.41) is 0. The lowest BCUT2D eigenvalue weighted by atomic mass is 10.1. The van der Waals surface area contributed by atoms with Gasteiger partial charge in [0.25, 0.3) is 6.43 Å². The van der Waals surface area contributed by atoms with Crippen LogP contribution in [-0.4, -0.2) is 40.6 Å². The molecule has 0 unspecified atom stereocenters. The standard InChI is InChI=1S/C25H23F2N5O3/c1-15-28-20-10-7-18(12-21(20)30(15)2)31-13-16-4-11-23(35-14-22(26)27)29-24(16)32(25(31)33)17-5-8-19(34-3)9-6-17/h4-12,22H,13-14H2,1-3H3/i3D3. The van der Waals surface area contributed by atoms with Gasteiger partial charge in [-0.15, -0.1) is 0 Å². The Labute approximate surface area is 204 Å². The molecule has 2 aromatic carbocycles. The first-order valence-electron chi connectivity index (χ1n) is 12.2. The lowest BCUT2D eigenvalue weighted by molar-refractivity contribution is 0.0796. The number of nitrogens with zero attached hydrogens (tertiary/aromatic N) is 5. The molecule has 0 saturated heterocycles. The Kier molecular flexibility index (Phi) is 4.84. The van der Waals surface area contributed by atoms with Gasteiger partial charge in [0.05, 0.1) is 34.4 Å². The van der Waals surface area contributed by atoms with Crippen molar-refractivity contribution in [3.05, 3.63) is 66.0 Å². The van der Waals surface area contributed by atoms with Crippen LogP contribution in [0, 0.1) is 6.92 Å². The molecule has 180 valence electrons. The van der Waals surface area contributed by atoms with Crippen molar-refractivity contribution in [2.75, 3.05) is 23.4 Å². The molecule has 35 heavy (non-hydrogen) atoms. The van der Waals surface area contributed by atoms with Gasteiger partial charge in [0, 0.05) is 24.4 Å². The van der Waals surface area contributed by atoms with Gasteiger partial charge in [0.2, 0.25) is 5.88 Å². The minimum absolute atomic E-state index is 0.0514. The van der Waals surface area contributed by atoms with Crippen molar-refractivity contribution in [1.82, 2.24) is 14.5 Å². The average Bonchev–Trinajstić information content (AvgIpc) is 3.15. The maximum absolute atomic E-state index is 13.9. The van der Waals surface area contributed by atoms with Crippen LogP contribution in [0.15, 0.2) is 54.6 Å². The number of anilines is 3. The third-order valence-corrected chi connectivity index (χ3v) is 5.86. The second-order valence-corrected chi connectivity index (χ2v) is 8.03. The molecule has 0 radical (unpaired) electrons. The average molecular weight is 483 g/mol. The molecule has 5 rings (SSSR count). The highest BCUT2D eigenvalue weighted by Gasteiger charge is 2.34. The van der Waals surface area contributed by atoms with Crippen molar-refractivity contribution in [1.29, 1.82) is 0 Å². The fraction of sp³-hybridized carbons (Fsp3) is 0.240. The molecule has 0 spiro atoms. The number of aromatic nitrogens is 3. The Bertz CT molecular complexity index is 1510. The van der Waals surface area contributed by atoms with Crippen LogP contribution in [-0.2, 0) is 13.6 Å². The Morgan fingerprint density at radius 1 is 1.09 bits per heavy atom. The van der Waals surface area contributed by atoms with Crippen LogP contribution < -0.4 is 19.3 Å². The van der Waals surface area contributed by atoms with Crippen LogP contribution in [0.5, 0.6) is 11.6 Å². The maximum Gasteiger partial charge on any atom is 0.335 e. The minimum Gasteiger partial charge on any atom is -0.497 e. The summed E-state index contributed by atoms with van der Waals surface area (Å²) in [4.78, 5) is 25.7. The lowest BCUT2D eigenvalue weighted by Gasteiger charge is -2.36. The maximum atomic E-state index is 13.9. The molecule has 1 aliphatic heterocycles. The molecule has 4 aromatic rings. The number of imidazole rings is 1. The van der Waals surface area contributed by atoms with Crippen molar-refractivity contribution in [2.24, 2.45) is 7.05 Å². The van der Waals surface area contributed by atoms with Gasteiger partial charge in [0.1, 0.15) is 17.4 Å². The molecular formula is C25H23F2N5O3. The number of hydrogen-bond donors (Lipinski definition) is 0. The molecule has 1 aliphatic rings. The quantitative estimate of drug-likeness (QED) is 0.377. The van der Waals surface area contributed by atoms with Gasteiger partial charge in [-0.2, -0.15) is 4.98 Å². The minimum atomic E-state index is -2.68. The van der Waals surface area contributed by atoms with Gasteiger partial charge in [-0.25, -0.2) is 23.5 Å². The number of urea groups is 1. The van der Waals surface area contributed by atoms with Gasteiger partial charge in [-0.1, -0.05) is 0 Å². The second-order valence-electron chi connectivity index (χ2n) is 8.03. The fourth-order valence-corrected chi connectivity index (χ4v) is 4.02. The number of aryl methyl sites for hydroxylation is 2. The van der Waals surface area contributed by atoms with Crippen LogP contribution >= 0.6 is 0 Å². The largest absolute Gasteiger partial charge is 0.497 e. The third kappa shape index (κ3) is 4.11. The van der Waals surface area contributed by atoms with E-state index in [0.29, 0.717) is 16.9 Å². The van der Waals surface area contributed by atoms with Crippen LogP contribution in [0.2, 0.25) is 0 Å². The zero-order chi connectivity index (χ0) is 27.2. The van der Waals surface area contributed by atoms with Crippen molar-refractivity contribution in [2.45, 2.75) is 19.9 Å². The normalized spacial score (nSPS) is 15.1. The van der Waals surface area contributed by atoms with Crippen molar-refractivity contribution < 1.29 is 27.2 Å². The summed E-state index contributed by atoms with van der Waals surface area (Å²) in [6, 6.07) is 14.1. The SMILES string of the molecule is [2H]C([2H])([2H])Oc1ccc(N2C(=O)N(c3ccc4nc(C)n(C)c4c3)Cc3ccc(OCC(F)F)nc32)cc1. The number of carbonyl (C=O) groups is 1. The summed E-state index contributed by atoms with van der Waals surface area (Å²) in [6.45, 7) is 1.23. The van der Waals surface area contributed by atoms with Crippen LogP contribution in [0.3, 0.4) is 0 Å². The summed E-state index contributed by atoms with van der Waals surface area (Å²) in [5.74, 6) is 1.09. The van der Waals surface area contributed by atoms with Crippen molar-refractivity contribution in [3.8, 4) is 11.6 Å². The second kappa shape index (κ2) is 8.86.